The smallest absolute Gasteiger partial charge is 0.287 e. The minimum atomic E-state index is -0.433. The van der Waals surface area contributed by atoms with Crippen LogP contribution in [0, 0.1) is 0 Å². The molecule has 7 heteroatoms. The number of hydrogen-bond acceptors (Lipinski definition) is 6. The van der Waals surface area contributed by atoms with Crippen molar-refractivity contribution in [3.63, 3.8) is 0 Å². The van der Waals surface area contributed by atoms with Crippen LogP contribution in [0.1, 0.15) is 5.56 Å². The molecule has 1 aromatic heterocycles. The highest BCUT2D eigenvalue weighted by Gasteiger charge is 2.31. The molecule has 1 atom stereocenters. The van der Waals surface area contributed by atoms with Crippen LogP contribution in [-0.4, -0.2) is 34.5 Å². The number of anilines is 1. The fourth-order valence-electron chi connectivity index (χ4n) is 2.30. The van der Waals surface area contributed by atoms with Gasteiger partial charge in [-0.05, 0) is 29.8 Å². The lowest BCUT2D eigenvalue weighted by atomic mass is 10.1. The topological polar surface area (TPSA) is 80.3 Å². The van der Waals surface area contributed by atoms with E-state index < -0.39 is 6.04 Å². The SMILES string of the molecule is O=C1NC(Cc2ccc(OCCNc3ccccn3)cc2)C(=O)S1. The van der Waals surface area contributed by atoms with Gasteiger partial charge in [0.05, 0.1) is 6.54 Å². The van der Waals surface area contributed by atoms with Crippen molar-refractivity contribution < 1.29 is 14.3 Å². The molecule has 0 saturated carbocycles. The van der Waals surface area contributed by atoms with Gasteiger partial charge in [-0.15, -0.1) is 0 Å². The molecule has 3 rings (SSSR count). The van der Waals surface area contributed by atoms with E-state index in [1.54, 1.807) is 6.20 Å². The van der Waals surface area contributed by atoms with E-state index in [1.165, 1.54) is 0 Å². The van der Waals surface area contributed by atoms with Crippen LogP contribution in [0.15, 0.2) is 48.7 Å². The maximum absolute atomic E-state index is 11.6. The predicted octanol–water partition coefficient (Wildman–Crippen LogP) is 2.47. The van der Waals surface area contributed by atoms with Crippen molar-refractivity contribution in [3.05, 3.63) is 54.2 Å². The Kier molecular flexibility index (Phi) is 5.32. The van der Waals surface area contributed by atoms with Gasteiger partial charge in [-0.2, -0.15) is 0 Å². The average molecular weight is 343 g/mol. The van der Waals surface area contributed by atoms with E-state index in [2.05, 4.69) is 15.6 Å². The van der Waals surface area contributed by atoms with Gasteiger partial charge < -0.3 is 15.4 Å². The van der Waals surface area contributed by atoms with Gasteiger partial charge in [0.2, 0.25) is 5.12 Å². The number of nitrogens with one attached hydrogen (secondary N) is 2. The number of aromatic nitrogens is 1. The summed E-state index contributed by atoms with van der Waals surface area (Å²) in [6, 6.07) is 12.8. The highest BCUT2D eigenvalue weighted by atomic mass is 32.2. The highest BCUT2D eigenvalue weighted by Crippen LogP contribution is 2.20. The summed E-state index contributed by atoms with van der Waals surface area (Å²) in [6.07, 6.45) is 2.23. The van der Waals surface area contributed by atoms with E-state index in [-0.39, 0.29) is 10.4 Å². The van der Waals surface area contributed by atoms with Crippen molar-refractivity contribution in [3.8, 4) is 5.75 Å². The molecule has 1 aliphatic heterocycles. The maximum atomic E-state index is 11.6. The first-order valence-electron chi connectivity index (χ1n) is 7.59. The zero-order chi connectivity index (χ0) is 16.8. The summed E-state index contributed by atoms with van der Waals surface area (Å²) in [6.45, 7) is 1.17. The molecule has 2 aromatic rings. The molecule has 6 nitrogen and oxygen atoms in total. The van der Waals surface area contributed by atoms with Gasteiger partial charge in [0, 0.05) is 24.4 Å². The number of pyridine rings is 1. The zero-order valence-electron chi connectivity index (χ0n) is 12.9. The fraction of sp³-hybridized carbons (Fsp3) is 0.235. The summed E-state index contributed by atoms with van der Waals surface area (Å²) in [5.74, 6) is 1.58. The van der Waals surface area contributed by atoms with Crippen LogP contribution in [0.2, 0.25) is 0 Å². The Labute approximate surface area is 144 Å². The molecule has 2 heterocycles. The summed E-state index contributed by atoms with van der Waals surface area (Å²) < 4.78 is 5.66. The number of thioether (sulfide) groups is 1. The minimum Gasteiger partial charge on any atom is -0.492 e. The minimum absolute atomic E-state index is 0.124. The van der Waals surface area contributed by atoms with E-state index in [9.17, 15) is 9.59 Å². The first-order valence-corrected chi connectivity index (χ1v) is 8.41. The summed E-state index contributed by atoms with van der Waals surface area (Å²) in [5.41, 5.74) is 0.982. The van der Waals surface area contributed by atoms with Crippen LogP contribution in [0.25, 0.3) is 0 Å². The number of hydrogen-bond donors (Lipinski definition) is 2. The molecule has 0 radical (unpaired) electrons. The van der Waals surface area contributed by atoms with Crippen LogP contribution in [0.5, 0.6) is 5.75 Å². The predicted molar refractivity (Wildman–Crippen MR) is 93.3 cm³/mol. The molecule has 0 aliphatic carbocycles. The third-order valence-corrected chi connectivity index (χ3v) is 4.26. The molecule has 1 unspecified atom stereocenters. The second-order valence-corrected chi connectivity index (χ2v) is 6.22. The molecule has 24 heavy (non-hydrogen) atoms. The Bertz CT molecular complexity index is 707. The van der Waals surface area contributed by atoms with Crippen molar-refractivity contribution in [1.29, 1.82) is 0 Å². The van der Waals surface area contributed by atoms with Crippen LogP contribution in [-0.2, 0) is 11.2 Å². The normalized spacial score (nSPS) is 16.8. The average Bonchev–Trinajstić information content (AvgIpc) is 2.91. The van der Waals surface area contributed by atoms with E-state index in [0.717, 1.165) is 28.9 Å². The lowest BCUT2D eigenvalue weighted by Crippen LogP contribution is -2.30. The zero-order valence-corrected chi connectivity index (χ0v) is 13.7. The second kappa shape index (κ2) is 7.83. The van der Waals surface area contributed by atoms with Gasteiger partial charge in [-0.25, -0.2) is 4.98 Å². The fourth-order valence-corrected chi connectivity index (χ4v) is 2.97. The van der Waals surface area contributed by atoms with E-state index >= 15 is 0 Å². The number of nitrogens with zero attached hydrogens (tertiary/aromatic N) is 1. The maximum Gasteiger partial charge on any atom is 0.287 e. The Morgan fingerprint density at radius 2 is 2.00 bits per heavy atom. The second-order valence-electron chi connectivity index (χ2n) is 5.24. The van der Waals surface area contributed by atoms with Crippen molar-refractivity contribution in [2.45, 2.75) is 12.5 Å². The Hall–Kier alpha value is -2.54. The Morgan fingerprint density at radius 3 is 2.67 bits per heavy atom. The molecule has 124 valence electrons. The van der Waals surface area contributed by atoms with Gasteiger partial charge in [0.15, 0.2) is 0 Å². The molecule has 1 saturated heterocycles. The molecular weight excluding hydrogens is 326 g/mol. The largest absolute Gasteiger partial charge is 0.492 e. The number of ether oxygens (including phenoxy) is 1. The quantitative estimate of drug-likeness (QED) is 0.752. The number of benzene rings is 1. The van der Waals surface area contributed by atoms with Crippen molar-refractivity contribution in [2.24, 2.45) is 0 Å². The molecule has 1 fully saturated rings. The lowest BCUT2D eigenvalue weighted by molar-refractivity contribution is -0.112. The number of amides is 1. The first-order chi connectivity index (χ1) is 11.7. The number of carbonyl (C=O) groups is 2. The Morgan fingerprint density at radius 1 is 1.17 bits per heavy atom. The van der Waals surface area contributed by atoms with Gasteiger partial charge in [0.25, 0.3) is 5.24 Å². The summed E-state index contributed by atoms with van der Waals surface area (Å²) >= 11 is 0.737. The number of carbonyl (C=O) groups excluding carboxylic acids is 2. The van der Waals surface area contributed by atoms with E-state index in [0.29, 0.717) is 19.6 Å². The van der Waals surface area contributed by atoms with Crippen molar-refractivity contribution in [1.82, 2.24) is 10.3 Å². The molecule has 1 aliphatic rings. The summed E-state index contributed by atoms with van der Waals surface area (Å²) in [7, 11) is 0. The van der Waals surface area contributed by atoms with Gasteiger partial charge in [0.1, 0.15) is 24.2 Å². The van der Waals surface area contributed by atoms with Gasteiger partial charge >= 0.3 is 0 Å². The molecular formula is C17H17N3O3S. The van der Waals surface area contributed by atoms with Gasteiger partial charge in [-0.3, -0.25) is 9.59 Å². The summed E-state index contributed by atoms with van der Waals surface area (Å²) in [5, 5.41) is 5.42. The van der Waals surface area contributed by atoms with Crippen molar-refractivity contribution >= 4 is 27.9 Å². The third-order valence-electron chi connectivity index (χ3n) is 3.47. The molecule has 2 N–H and O–H groups in total. The van der Waals surface area contributed by atoms with E-state index in [1.807, 2.05) is 42.5 Å². The summed E-state index contributed by atoms with van der Waals surface area (Å²) in [4.78, 5) is 26.9. The van der Waals surface area contributed by atoms with Crippen LogP contribution < -0.4 is 15.4 Å². The molecule has 1 amide bonds. The molecule has 0 bridgehead atoms. The van der Waals surface area contributed by atoms with Crippen LogP contribution in [0.3, 0.4) is 0 Å². The lowest BCUT2D eigenvalue weighted by Gasteiger charge is -2.10. The standard InChI is InChI=1S/C17H17N3O3S/c21-16-14(20-17(22)24-16)11-12-4-6-13(7-5-12)23-10-9-19-15-3-1-2-8-18-15/h1-8,14H,9-11H2,(H,18,19)(H,20,22). The first kappa shape index (κ1) is 16.3. The van der Waals surface area contributed by atoms with Crippen LogP contribution in [0.4, 0.5) is 10.6 Å². The third kappa shape index (κ3) is 4.48. The van der Waals surface area contributed by atoms with Crippen molar-refractivity contribution in [2.75, 3.05) is 18.5 Å². The van der Waals surface area contributed by atoms with Crippen LogP contribution >= 0.6 is 11.8 Å². The van der Waals surface area contributed by atoms with Gasteiger partial charge in [-0.1, -0.05) is 18.2 Å². The Balaban J connectivity index is 1.43. The van der Waals surface area contributed by atoms with E-state index in [4.69, 9.17) is 4.74 Å². The highest BCUT2D eigenvalue weighted by molar-refractivity contribution is 8.26. The monoisotopic (exact) mass is 343 g/mol. The number of rotatable bonds is 7. The molecule has 0 spiro atoms. The molecule has 1 aromatic carbocycles.